The van der Waals surface area contributed by atoms with Crippen LogP contribution in [0.4, 0.5) is 0 Å². The Morgan fingerprint density at radius 1 is 1.36 bits per heavy atom. The van der Waals surface area contributed by atoms with Crippen LogP contribution in [0.25, 0.3) is 0 Å². The Labute approximate surface area is 87.4 Å². The Kier molecular flexibility index (Phi) is 5.45. The minimum atomic E-state index is 0.609. The highest BCUT2D eigenvalue weighted by atomic mass is 16.5. The van der Waals surface area contributed by atoms with Gasteiger partial charge in [-0.05, 0) is 37.8 Å². The van der Waals surface area contributed by atoms with Crippen LogP contribution in [0.1, 0.15) is 26.7 Å². The molecule has 0 aromatic heterocycles. The predicted molar refractivity (Wildman–Crippen MR) is 59.2 cm³/mol. The van der Waals surface area contributed by atoms with E-state index in [0.717, 1.165) is 39.1 Å². The molecule has 1 atom stereocenters. The van der Waals surface area contributed by atoms with Crippen LogP contribution in [0.15, 0.2) is 0 Å². The van der Waals surface area contributed by atoms with Gasteiger partial charge in [0.2, 0.25) is 0 Å². The molecule has 0 amide bonds. The highest BCUT2D eigenvalue weighted by Crippen LogP contribution is 2.10. The van der Waals surface area contributed by atoms with E-state index in [1.165, 1.54) is 0 Å². The molecular formula is C11H24N2O. The molecule has 0 aromatic carbocycles. The van der Waals surface area contributed by atoms with E-state index in [4.69, 9.17) is 10.5 Å². The van der Waals surface area contributed by atoms with Crippen LogP contribution >= 0.6 is 0 Å². The fraction of sp³-hybridized carbons (Fsp3) is 1.00. The maximum Gasteiger partial charge on any atom is 0.0480 e. The van der Waals surface area contributed by atoms with Crippen molar-refractivity contribution in [1.29, 1.82) is 0 Å². The largest absolute Gasteiger partial charge is 0.381 e. The molecule has 0 spiro atoms. The second-order valence-corrected chi connectivity index (χ2v) is 4.53. The van der Waals surface area contributed by atoms with Crippen molar-refractivity contribution >= 4 is 0 Å². The molecule has 0 radical (unpaired) electrons. The van der Waals surface area contributed by atoms with Gasteiger partial charge in [0.25, 0.3) is 0 Å². The van der Waals surface area contributed by atoms with Crippen LogP contribution in [-0.4, -0.2) is 32.3 Å². The molecular weight excluding hydrogens is 176 g/mol. The van der Waals surface area contributed by atoms with Crippen LogP contribution < -0.4 is 11.1 Å². The summed E-state index contributed by atoms with van der Waals surface area (Å²) in [7, 11) is 0. The molecule has 0 aromatic rings. The zero-order valence-corrected chi connectivity index (χ0v) is 9.46. The molecule has 1 rings (SSSR count). The molecule has 1 saturated heterocycles. The summed E-state index contributed by atoms with van der Waals surface area (Å²) in [5, 5.41) is 3.59. The van der Waals surface area contributed by atoms with Crippen LogP contribution in [-0.2, 0) is 4.74 Å². The van der Waals surface area contributed by atoms with Gasteiger partial charge in [0.1, 0.15) is 0 Å². The van der Waals surface area contributed by atoms with E-state index >= 15 is 0 Å². The molecule has 84 valence electrons. The Balaban J connectivity index is 2.16. The van der Waals surface area contributed by atoms with Gasteiger partial charge in [0.05, 0.1) is 0 Å². The third-order valence-electron chi connectivity index (χ3n) is 3.14. The maximum atomic E-state index is 5.72. The van der Waals surface area contributed by atoms with Crippen molar-refractivity contribution < 1.29 is 4.74 Å². The first kappa shape index (κ1) is 12.0. The van der Waals surface area contributed by atoms with Gasteiger partial charge in [0, 0.05) is 19.3 Å². The molecule has 3 heteroatoms. The zero-order valence-electron chi connectivity index (χ0n) is 9.46. The van der Waals surface area contributed by atoms with E-state index in [1.54, 1.807) is 0 Å². The van der Waals surface area contributed by atoms with E-state index < -0.39 is 0 Å². The monoisotopic (exact) mass is 200 g/mol. The van der Waals surface area contributed by atoms with Crippen LogP contribution in [0.5, 0.6) is 0 Å². The molecule has 0 saturated carbocycles. The summed E-state index contributed by atoms with van der Waals surface area (Å²) in [6.07, 6.45) is 2.30. The Morgan fingerprint density at radius 2 is 2.00 bits per heavy atom. The summed E-state index contributed by atoms with van der Waals surface area (Å²) >= 11 is 0. The summed E-state index contributed by atoms with van der Waals surface area (Å²) in [5.74, 6) is 1.28. The average Bonchev–Trinajstić information content (AvgIpc) is 2.20. The molecule has 1 unspecified atom stereocenters. The highest BCUT2D eigenvalue weighted by molar-refractivity contribution is 4.74. The number of hydrogen-bond acceptors (Lipinski definition) is 3. The molecule has 0 aliphatic carbocycles. The third kappa shape index (κ3) is 3.95. The van der Waals surface area contributed by atoms with E-state index in [9.17, 15) is 0 Å². The second kappa shape index (κ2) is 6.38. The minimum absolute atomic E-state index is 0.609. The first-order valence-electron chi connectivity index (χ1n) is 5.75. The summed E-state index contributed by atoms with van der Waals surface area (Å²) in [5.41, 5.74) is 5.72. The average molecular weight is 200 g/mol. The van der Waals surface area contributed by atoms with Gasteiger partial charge in [-0.2, -0.15) is 0 Å². The van der Waals surface area contributed by atoms with Gasteiger partial charge in [-0.3, -0.25) is 0 Å². The Bertz CT molecular complexity index is 144. The first-order valence-corrected chi connectivity index (χ1v) is 5.75. The maximum absolute atomic E-state index is 5.72. The van der Waals surface area contributed by atoms with Crippen LogP contribution in [0.2, 0.25) is 0 Å². The molecule has 0 bridgehead atoms. The van der Waals surface area contributed by atoms with Gasteiger partial charge in [0.15, 0.2) is 0 Å². The number of nitrogens with two attached hydrogens (primary N) is 1. The van der Waals surface area contributed by atoms with Gasteiger partial charge >= 0.3 is 0 Å². The lowest BCUT2D eigenvalue weighted by molar-refractivity contribution is 0.0764. The third-order valence-corrected chi connectivity index (χ3v) is 3.14. The topological polar surface area (TPSA) is 47.3 Å². The van der Waals surface area contributed by atoms with Crippen molar-refractivity contribution in [2.45, 2.75) is 32.7 Å². The van der Waals surface area contributed by atoms with Gasteiger partial charge in [-0.25, -0.2) is 0 Å². The van der Waals surface area contributed by atoms with Crippen molar-refractivity contribution in [3.63, 3.8) is 0 Å². The molecule has 3 nitrogen and oxygen atoms in total. The lowest BCUT2D eigenvalue weighted by Gasteiger charge is -2.27. The Hall–Kier alpha value is -0.120. The van der Waals surface area contributed by atoms with Crippen molar-refractivity contribution in [3.05, 3.63) is 0 Å². The van der Waals surface area contributed by atoms with Crippen molar-refractivity contribution in [2.75, 3.05) is 26.3 Å². The minimum Gasteiger partial charge on any atom is -0.381 e. The van der Waals surface area contributed by atoms with Gasteiger partial charge in [-0.15, -0.1) is 0 Å². The standard InChI is InChI=1S/C11H24N2O/c1-9(2)10(7-12)8-13-11-3-5-14-6-4-11/h9-11,13H,3-8,12H2,1-2H3. The van der Waals surface area contributed by atoms with Crippen LogP contribution in [0, 0.1) is 11.8 Å². The van der Waals surface area contributed by atoms with E-state index in [0.29, 0.717) is 17.9 Å². The number of hydrogen-bond donors (Lipinski definition) is 2. The second-order valence-electron chi connectivity index (χ2n) is 4.53. The van der Waals surface area contributed by atoms with E-state index in [2.05, 4.69) is 19.2 Å². The van der Waals surface area contributed by atoms with Crippen molar-refractivity contribution in [2.24, 2.45) is 17.6 Å². The van der Waals surface area contributed by atoms with Crippen LogP contribution in [0.3, 0.4) is 0 Å². The predicted octanol–water partition coefficient (Wildman–Crippen LogP) is 0.986. The lowest BCUT2D eigenvalue weighted by atomic mass is 9.95. The van der Waals surface area contributed by atoms with E-state index in [-0.39, 0.29) is 0 Å². The molecule has 1 heterocycles. The fourth-order valence-electron chi connectivity index (χ4n) is 1.81. The zero-order chi connectivity index (χ0) is 10.4. The van der Waals surface area contributed by atoms with E-state index in [1.807, 2.05) is 0 Å². The summed E-state index contributed by atoms with van der Waals surface area (Å²) in [4.78, 5) is 0. The van der Waals surface area contributed by atoms with Crippen molar-refractivity contribution in [3.8, 4) is 0 Å². The molecule has 1 aliphatic heterocycles. The molecule has 14 heavy (non-hydrogen) atoms. The first-order chi connectivity index (χ1) is 6.74. The normalized spacial score (nSPS) is 21.4. The fourth-order valence-corrected chi connectivity index (χ4v) is 1.81. The summed E-state index contributed by atoms with van der Waals surface area (Å²) < 4.78 is 5.32. The number of rotatable bonds is 5. The Morgan fingerprint density at radius 3 is 2.50 bits per heavy atom. The summed E-state index contributed by atoms with van der Waals surface area (Å²) in [6, 6.07) is 0.650. The van der Waals surface area contributed by atoms with Gasteiger partial charge in [-0.1, -0.05) is 13.8 Å². The summed E-state index contributed by atoms with van der Waals surface area (Å²) in [6.45, 7) is 8.14. The molecule has 1 fully saturated rings. The SMILES string of the molecule is CC(C)C(CN)CNC1CCOCC1. The molecule has 3 N–H and O–H groups in total. The smallest absolute Gasteiger partial charge is 0.0480 e. The number of nitrogens with one attached hydrogen (secondary N) is 1. The molecule has 1 aliphatic rings. The van der Waals surface area contributed by atoms with Crippen molar-refractivity contribution in [1.82, 2.24) is 5.32 Å². The van der Waals surface area contributed by atoms with Gasteiger partial charge < -0.3 is 15.8 Å². The lowest BCUT2D eigenvalue weighted by Crippen LogP contribution is -2.40. The number of ether oxygens (including phenoxy) is 1. The highest BCUT2D eigenvalue weighted by Gasteiger charge is 2.16. The quantitative estimate of drug-likeness (QED) is 0.695.